The lowest BCUT2D eigenvalue weighted by Crippen LogP contribution is -2.44. The molecule has 0 bridgehead atoms. The minimum absolute atomic E-state index is 0.439. The van der Waals surface area contributed by atoms with Gasteiger partial charge in [-0.15, -0.1) is 0 Å². The average molecular weight is 428 g/mol. The molecule has 0 atom stereocenters. The number of anilines is 2. The summed E-state index contributed by atoms with van der Waals surface area (Å²) >= 11 is 0. The first kappa shape index (κ1) is 21.3. The predicted molar refractivity (Wildman–Crippen MR) is 125 cm³/mol. The maximum Gasteiger partial charge on any atom is 0.417 e. The monoisotopic (exact) mass is 427 g/mol. The van der Waals surface area contributed by atoms with Crippen LogP contribution in [0.4, 0.5) is 16.3 Å². The molecule has 7 nitrogen and oxygen atoms in total. The van der Waals surface area contributed by atoms with Gasteiger partial charge in [-0.3, -0.25) is 5.32 Å². The van der Waals surface area contributed by atoms with Gasteiger partial charge in [-0.25, -0.2) is 9.78 Å². The molecule has 32 heavy (non-hydrogen) atoms. The van der Waals surface area contributed by atoms with Crippen LogP contribution in [-0.2, 0) is 0 Å². The highest BCUT2D eigenvalue weighted by Crippen LogP contribution is 2.28. The summed E-state index contributed by atoms with van der Waals surface area (Å²) in [6, 6.07) is 18.7. The van der Waals surface area contributed by atoms with E-state index in [2.05, 4.69) is 33.2 Å². The molecule has 1 saturated heterocycles. The molecule has 0 saturated carbocycles. The van der Waals surface area contributed by atoms with Crippen molar-refractivity contribution >= 4 is 17.6 Å². The molecule has 1 aliphatic heterocycles. The Morgan fingerprint density at radius 1 is 1.06 bits per heavy atom. The zero-order valence-corrected chi connectivity index (χ0v) is 18.2. The first-order valence-corrected chi connectivity index (χ1v) is 10.5. The van der Waals surface area contributed by atoms with Gasteiger partial charge in [0, 0.05) is 26.2 Å². The summed E-state index contributed by atoms with van der Waals surface area (Å²) in [5.74, 6) is 1.34. The fraction of sp³-hybridized carbons (Fsp3) is 0.240. The normalized spacial score (nSPS) is 14.0. The number of aryl methyl sites for hydroxylation is 1. The molecule has 0 unspecified atom stereocenters. The van der Waals surface area contributed by atoms with E-state index in [9.17, 15) is 4.79 Å². The minimum Gasteiger partial charge on any atom is -0.410 e. The van der Waals surface area contributed by atoms with Crippen molar-refractivity contribution in [2.75, 3.05) is 43.4 Å². The van der Waals surface area contributed by atoms with Crippen molar-refractivity contribution in [2.24, 2.45) is 0 Å². The number of rotatable bonds is 4. The standard InChI is InChI=1S/C25H25N5O2/c1-18-3-9-22(15-23(18)20-6-4-19(16-26)5-7-20)32-25(31)28-21-8-10-24(27-17-21)30-13-11-29(2)12-14-30/h3-10,15,17H,11-14H2,1-2H3,(H,28,31). The molecule has 4 rings (SSSR count). The van der Waals surface area contributed by atoms with Crippen molar-refractivity contribution in [3.8, 4) is 22.9 Å². The number of aromatic nitrogens is 1. The zero-order valence-electron chi connectivity index (χ0n) is 18.2. The first-order chi connectivity index (χ1) is 15.5. The summed E-state index contributed by atoms with van der Waals surface area (Å²) < 4.78 is 5.49. The molecular weight excluding hydrogens is 402 g/mol. The molecule has 1 fully saturated rings. The number of nitrogens with zero attached hydrogens (tertiary/aromatic N) is 4. The summed E-state index contributed by atoms with van der Waals surface area (Å²) in [6.07, 6.45) is 1.07. The van der Waals surface area contributed by atoms with Crippen molar-refractivity contribution in [3.63, 3.8) is 0 Å². The van der Waals surface area contributed by atoms with E-state index >= 15 is 0 Å². The fourth-order valence-corrected chi connectivity index (χ4v) is 3.63. The molecule has 1 aromatic heterocycles. The van der Waals surface area contributed by atoms with E-state index in [4.69, 9.17) is 10.00 Å². The number of piperazine rings is 1. The summed E-state index contributed by atoms with van der Waals surface area (Å²) in [5.41, 5.74) is 4.12. The second kappa shape index (κ2) is 9.50. The second-order valence-electron chi connectivity index (χ2n) is 7.88. The predicted octanol–water partition coefficient (Wildman–Crippen LogP) is 4.29. The van der Waals surface area contributed by atoms with Crippen molar-refractivity contribution < 1.29 is 9.53 Å². The van der Waals surface area contributed by atoms with Gasteiger partial charge in [0.05, 0.1) is 23.5 Å². The quantitative estimate of drug-likeness (QED) is 0.669. The Hall–Kier alpha value is -3.89. The van der Waals surface area contributed by atoms with Gasteiger partial charge in [-0.2, -0.15) is 5.26 Å². The molecule has 1 amide bonds. The summed E-state index contributed by atoms with van der Waals surface area (Å²) in [6.45, 7) is 5.88. The molecule has 162 valence electrons. The van der Waals surface area contributed by atoms with Crippen LogP contribution in [0.15, 0.2) is 60.8 Å². The van der Waals surface area contributed by atoms with E-state index in [1.807, 2.05) is 43.3 Å². The van der Waals surface area contributed by atoms with Crippen LogP contribution in [-0.4, -0.2) is 49.2 Å². The first-order valence-electron chi connectivity index (χ1n) is 10.5. The Morgan fingerprint density at radius 3 is 2.47 bits per heavy atom. The SMILES string of the molecule is Cc1ccc(OC(=O)Nc2ccc(N3CCN(C)CC3)nc2)cc1-c1ccc(C#N)cc1. The van der Waals surface area contributed by atoms with Gasteiger partial charge in [-0.05, 0) is 67.1 Å². The van der Waals surface area contributed by atoms with Crippen molar-refractivity contribution in [1.29, 1.82) is 5.26 Å². The van der Waals surface area contributed by atoms with Crippen LogP contribution in [0.3, 0.4) is 0 Å². The van der Waals surface area contributed by atoms with Crippen molar-refractivity contribution in [3.05, 3.63) is 71.9 Å². The Kier molecular flexibility index (Phi) is 6.34. The third-order valence-corrected chi connectivity index (χ3v) is 5.57. The van der Waals surface area contributed by atoms with Crippen LogP contribution in [0, 0.1) is 18.3 Å². The Bertz CT molecular complexity index is 1130. The topological polar surface area (TPSA) is 81.5 Å². The van der Waals surface area contributed by atoms with Gasteiger partial charge < -0.3 is 14.5 Å². The van der Waals surface area contributed by atoms with Crippen molar-refractivity contribution in [2.45, 2.75) is 6.92 Å². The van der Waals surface area contributed by atoms with E-state index in [1.54, 1.807) is 24.4 Å². The number of nitrogens with one attached hydrogen (secondary N) is 1. The number of benzene rings is 2. The summed E-state index contributed by atoms with van der Waals surface area (Å²) in [5, 5.41) is 11.7. The van der Waals surface area contributed by atoms with Gasteiger partial charge in [0.2, 0.25) is 0 Å². The lowest BCUT2D eigenvalue weighted by molar-refractivity contribution is 0.215. The van der Waals surface area contributed by atoms with Crippen LogP contribution in [0.2, 0.25) is 0 Å². The number of carbonyl (C=O) groups is 1. The number of hydrogen-bond acceptors (Lipinski definition) is 6. The van der Waals surface area contributed by atoms with Crippen LogP contribution >= 0.6 is 0 Å². The molecule has 1 aliphatic rings. The van der Waals surface area contributed by atoms with Gasteiger partial charge in [0.15, 0.2) is 0 Å². The third-order valence-electron chi connectivity index (χ3n) is 5.57. The largest absolute Gasteiger partial charge is 0.417 e. The molecule has 0 aliphatic carbocycles. The Balaban J connectivity index is 1.40. The lowest BCUT2D eigenvalue weighted by Gasteiger charge is -2.33. The van der Waals surface area contributed by atoms with Crippen LogP contribution < -0.4 is 15.0 Å². The number of pyridine rings is 1. The van der Waals surface area contributed by atoms with Gasteiger partial charge in [0.25, 0.3) is 0 Å². The number of amides is 1. The van der Waals surface area contributed by atoms with E-state index in [0.29, 0.717) is 17.0 Å². The van der Waals surface area contributed by atoms with E-state index in [0.717, 1.165) is 48.7 Å². The maximum absolute atomic E-state index is 12.4. The molecule has 7 heteroatoms. The van der Waals surface area contributed by atoms with E-state index < -0.39 is 6.09 Å². The number of hydrogen-bond donors (Lipinski definition) is 1. The van der Waals surface area contributed by atoms with E-state index in [-0.39, 0.29) is 0 Å². The van der Waals surface area contributed by atoms with Gasteiger partial charge >= 0.3 is 6.09 Å². The summed E-state index contributed by atoms with van der Waals surface area (Å²) in [7, 11) is 2.12. The van der Waals surface area contributed by atoms with Crippen molar-refractivity contribution in [1.82, 2.24) is 9.88 Å². The highest BCUT2D eigenvalue weighted by molar-refractivity contribution is 5.86. The number of nitriles is 1. The molecule has 1 N–H and O–H groups in total. The smallest absolute Gasteiger partial charge is 0.410 e. The number of likely N-dealkylation sites (N-methyl/N-ethyl adjacent to an activating group) is 1. The third kappa shape index (κ3) is 5.05. The van der Waals surface area contributed by atoms with Crippen LogP contribution in [0.25, 0.3) is 11.1 Å². The van der Waals surface area contributed by atoms with Crippen LogP contribution in [0.5, 0.6) is 5.75 Å². The van der Waals surface area contributed by atoms with Crippen LogP contribution in [0.1, 0.15) is 11.1 Å². The molecule has 2 heterocycles. The fourth-order valence-electron chi connectivity index (χ4n) is 3.63. The summed E-state index contributed by atoms with van der Waals surface area (Å²) in [4.78, 5) is 21.4. The number of carbonyl (C=O) groups excluding carboxylic acids is 1. The highest BCUT2D eigenvalue weighted by atomic mass is 16.6. The average Bonchev–Trinajstić information content (AvgIpc) is 2.81. The molecular formula is C25H25N5O2. The molecule has 2 aromatic carbocycles. The van der Waals surface area contributed by atoms with Gasteiger partial charge in [-0.1, -0.05) is 18.2 Å². The number of ether oxygens (including phenoxy) is 1. The molecule has 0 spiro atoms. The Labute approximate surface area is 187 Å². The zero-order chi connectivity index (χ0) is 22.5. The van der Waals surface area contributed by atoms with E-state index in [1.165, 1.54) is 0 Å². The minimum atomic E-state index is -0.575. The highest BCUT2D eigenvalue weighted by Gasteiger charge is 2.15. The maximum atomic E-state index is 12.4. The van der Waals surface area contributed by atoms with Gasteiger partial charge in [0.1, 0.15) is 11.6 Å². The second-order valence-corrected chi connectivity index (χ2v) is 7.88. The molecule has 0 radical (unpaired) electrons. The lowest BCUT2D eigenvalue weighted by atomic mass is 9.99. The molecule has 3 aromatic rings. The Morgan fingerprint density at radius 2 is 1.81 bits per heavy atom.